The number of aromatic nitrogens is 1. The first-order valence-corrected chi connectivity index (χ1v) is 7.51. The first-order chi connectivity index (χ1) is 9.40. The predicted octanol–water partition coefficient (Wildman–Crippen LogP) is 4.67. The normalized spacial score (nSPS) is 14.4. The van der Waals surface area contributed by atoms with Crippen molar-refractivity contribution in [1.29, 1.82) is 0 Å². The number of nitrogens with zero attached hydrogens (tertiary/aromatic N) is 2. The van der Waals surface area contributed by atoms with E-state index in [1.807, 2.05) is 12.1 Å². The van der Waals surface area contributed by atoms with Crippen LogP contribution in [0.5, 0.6) is 0 Å². The largest absolute Gasteiger partial charge is 0.270 e. The quantitative estimate of drug-likeness (QED) is 0.463. The molecule has 20 heavy (non-hydrogen) atoms. The maximum atomic E-state index is 10.8. The average molecular weight is 337 g/mol. The van der Waals surface area contributed by atoms with E-state index in [1.165, 1.54) is 6.07 Å². The van der Waals surface area contributed by atoms with Gasteiger partial charge in [0, 0.05) is 34.0 Å². The van der Waals surface area contributed by atoms with Crippen molar-refractivity contribution >= 4 is 32.5 Å². The molecule has 5 heteroatoms. The van der Waals surface area contributed by atoms with Crippen LogP contribution in [0.2, 0.25) is 0 Å². The standard InChI is InChI=1S/C15H17BrN2O2/c1-9(2)15(10(3)16)14-6-4-11-8-12(18(19)20)5-7-13(11)17-14/h4-10,15H,1-3H3. The summed E-state index contributed by atoms with van der Waals surface area (Å²) in [6.07, 6.45) is 0. The Balaban J connectivity index is 2.48. The molecule has 2 atom stereocenters. The van der Waals surface area contributed by atoms with E-state index in [0.29, 0.717) is 16.7 Å². The molecule has 0 N–H and O–H groups in total. The van der Waals surface area contributed by atoms with Gasteiger partial charge in [-0.15, -0.1) is 0 Å². The third-order valence-electron chi connectivity index (χ3n) is 3.46. The van der Waals surface area contributed by atoms with Gasteiger partial charge < -0.3 is 0 Å². The number of fused-ring (bicyclic) bond motifs is 1. The first kappa shape index (κ1) is 14.9. The molecule has 2 aromatic rings. The van der Waals surface area contributed by atoms with Crippen LogP contribution in [0.4, 0.5) is 5.69 Å². The lowest BCUT2D eigenvalue weighted by Gasteiger charge is -2.23. The maximum absolute atomic E-state index is 10.8. The fourth-order valence-electron chi connectivity index (χ4n) is 2.54. The summed E-state index contributed by atoms with van der Waals surface area (Å²) in [4.78, 5) is 15.4. The summed E-state index contributed by atoms with van der Waals surface area (Å²) in [5, 5.41) is 11.6. The summed E-state index contributed by atoms with van der Waals surface area (Å²) in [7, 11) is 0. The van der Waals surface area contributed by atoms with Gasteiger partial charge in [-0.1, -0.05) is 42.8 Å². The second-order valence-corrected chi connectivity index (χ2v) is 6.76. The summed E-state index contributed by atoms with van der Waals surface area (Å²) >= 11 is 3.64. The van der Waals surface area contributed by atoms with Crippen LogP contribution in [-0.2, 0) is 0 Å². The lowest BCUT2D eigenvalue weighted by molar-refractivity contribution is -0.384. The highest BCUT2D eigenvalue weighted by Crippen LogP contribution is 2.32. The van der Waals surface area contributed by atoms with Gasteiger partial charge in [0.2, 0.25) is 0 Å². The van der Waals surface area contributed by atoms with Crippen molar-refractivity contribution in [1.82, 2.24) is 4.98 Å². The fraction of sp³-hybridized carbons (Fsp3) is 0.400. The van der Waals surface area contributed by atoms with Crippen LogP contribution in [0.3, 0.4) is 0 Å². The molecule has 0 amide bonds. The number of rotatable bonds is 4. The summed E-state index contributed by atoms with van der Waals surface area (Å²) < 4.78 is 0. The van der Waals surface area contributed by atoms with Crippen LogP contribution in [0.1, 0.15) is 32.4 Å². The van der Waals surface area contributed by atoms with E-state index < -0.39 is 0 Å². The Morgan fingerprint density at radius 2 is 1.90 bits per heavy atom. The molecular weight excluding hydrogens is 320 g/mol. The first-order valence-electron chi connectivity index (χ1n) is 6.59. The topological polar surface area (TPSA) is 56.0 Å². The molecule has 4 nitrogen and oxygen atoms in total. The van der Waals surface area contributed by atoms with E-state index >= 15 is 0 Å². The minimum absolute atomic E-state index is 0.0984. The van der Waals surface area contributed by atoms with Crippen LogP contribution in [0, 0.1) is 16.0 Å². The van der Waals surface area contributed by atoms with Gasteiger partial charge in [-0.05, 0) is 18.1 Å². The molecule has 0 radical (unpaired) electrons. The monoisotopic (exact) mass is 336 g/mol. The number of nitro benzene ring substituents is 1. The Kier molecular flexibility index (Phi) is 4.38. The molecule has 0 aliphatic heterocycles. The Morgan fingerprint density at radius 3 is 2.45 bits per heavy atom. The fourth-order valence-corrected chi connectivity index (χ4v) is 3.42. The number of pyridine rings is 1. The number of hydrogen-bond acceptors (Lipinski definition) is 3. The molecule has 106 valence electrons. The number of non-ortho nitro benzene ring substituents is 1. The zero-order chi connectivity index (χ0) is 14.9. The van der Waals surface area contributed by atoms with Gasteiger partial charge in [0.05, 0.1) is 10.4 Å². The van der Waals surface area contributed by atoms with E-state index in [4.69, 9.17) is 0 Å². The Bertz CT molecular complexity index is 633. The van der Waals surface area contributed by atoms with Gasteiger partial charge in [-0.25, -0.2) is 0 Å². The molecular formula is C15H17BrN2O2. The lowest BCUT2D eigenvalue weighted by Crippen LogP contribution is -2.16. The molecule has 0 saturated heterocycles. The minimum atomic E-state index is -0.384. The lowest BCUT2D eigenvalue weighted by atomic mass is 9.89. The van der Waals surface area contributed by atoms with Gasteiger partial charge in [0.25, 0.3) is 5.69 Å². The Hall–Kier alpha value is -1.49. The van der Waals surface area contributed by atoms with E-state index in [9.17, 15) is 10.1 Å². The van der Waals surface area contributed by atoms with Crippen LogP contribution in [0.25, 0.3) is 10.9 Å². The summed E-state index contributed by atoms with van der Waals surface area (Å²) in [6.45, 7) is 6.46. The molecule has 0 aliphatic rings. The smallest absolute Gasteiger partial charge is 0.258 e. The predicted molar refractivity (Wildman–Crippen MR) is 84.4 cm³/mol. The van der Waals surface area contributed by atoms with Crippen molar-refractivity contribution in [2.45, 2.75) is 31.5 Å². The van der Waals surface area contributed by atoms with Gasteiger partial charge >= 0.3 is 0 Å². The summed E-state index contributed by atoms with van der Waals surface area (Å²) in [5.74, 6) is 0.780. The third-order valence-corrected chi connectivity index (χ3v) is 4.03. The van der Waals surface area contributed by atoms with E-state index in [0.717, 1.165) is 16.6 Å². The molecule has 0 fully saturated rings. The van der Waals surface area contributed by atoms with Crippen molar-refractivity contribution < 1.29 is 4.92 Å². The number of alkyl halides is 1. The highest BCUT2D eigenvalue weighted by molar-refractivity contribution is 9.09. The molecule has 2 rings (SSSR count). The van der Waals surface area contributed by atoms with Gasteiger partial charge in [0.15, 0.2) is 0 Å². The molecule has 2 unspecified atom stereocenters. The van der Waals surface area contributed by atoms with Crippen LogP contribution in [0.15, 0.2) is 30.3 Å². The second kappa shape index (κ2) is 5.87. The number of hydrogen-bond donors (Lipinski definition) is 0. The zero-order valence-corrected chi connectivity index (χ0v) is 13.3. The number of halogens is 1. The van der Waals surface area contributed by atoms with Crippen molar-refractivity contribution in [2.24, 2.45) is 5.92 Å². The third kappa shape index (κ3) is 2.98. The van der Waals surface area contributed by atoms with Crippen LogP contribution < -0.4 is 0 Å². The highest BCUT2D eigenvalue weighted by atomic mass is 79.9. The highest BCUT2D eigenvalue weighted by Gasteiger charge is 2.22. The van der Waals surface area contributed by atoms with Crippen molar-refractivity contribution in [3.8, 4) is 0 Å². The SMILES string of the molecule is CC(C)C(c1ccc2cc([N+](=O)[O-])ccc2n1)C(C)Br. The summed E-state index contributed by atoms with van der Waals surface area (Å²) in [5.41, 5.74) is 1.92. The molecule has 0 spiro atoms. The number of nitro groups is 1. The van der Waals surface area contributed by atoms with Crippen LogP contribution >= 0.6 is 15.9 Å². The second-order valence-electron chi connectivity index (χ2n) is 5.32. The maximum Gasteiger partial charge on any atom is 0.270 e. The number of benzene rings is 1. The Morgan fingerprint density at radius 1 is 1.20 bits per heavy atom. The van der Waals surface area contributed by atoms with Crippen molar-refractivity contribution in [2.75, 3.05) is 0 Å². The van der Waals surface area contributed by atoms with Gasteiger partial charge in [0.1, 0.15) is 0 Å². The van der Waals surface area contributed by atoms with Gasteiger partial charge in [-0.2, -0.15) is 0 Å². The molecule has 0 saturated carbocycles. The minimum Gasteiger partial charge on any atom is -0.258 e. The van der Waals surface area contributed by atoms with E-state index in [1.54, 1.807) is 12.1 Å². The van der Waals surface area contributed by atoms with E-state index in [-0.39, 0.29) is 10.6 Å². The van der Waals surface area contributed by atoms with Gasteiger partial charge in [-0.3, -0.25) is 15.1 Å². The Labute approximate surface area is 126 Å². The zero-order valence-electron chi connectivity index (χ0n) is 11.7. The molecule has 1 aromatic carbocycles. The molecule has 1 aromatic heterocycles. The van der Waals surface area contributed by atoms with E-state index in [2.05, 4.69) is 41.7 Å². The summed E-state index contributed by atoms with van der Waals surface area (Å²) in [6, 6.07) is 8.66. The van der Waals surface area contributed by atoms with Crippen molar-refractivity contribution in [3.63, 3.8) is 0 Å². The molecule has 0 aliphatic carbocycles. The van der Waals surface area contributed by atoms with Crippen molar-refractivity contribution in [3.05, 3.63) is 46.1 Å². The van der Waals surface area contributed by atoms with Crippen LogP contribution in [-0.4, -0.2) is 14.7 Å². The molecule has 0 bridgehead atoms. The molecule has 1 heterocycles. The average Bonchev–Trinajstić information content (AvgIpc) is 2.37.